The molecule has 20 heavy (non-hydrogen) atoms. The van der Waals surface area contributed by atoms with Crippen LogP contribution in [0.25, 0.3) is 0 Å². The lowest BCUT2D eigenvalue weighted by Crippen LogP contribution is -2.27. The number of nitrogens with two attached hydrogens (primary N) is 1. The van der Waals surface area contributed by atoms with Crippen LogP contribution in [-0.2, 0) is 6.42 Å². The Morgan fingerprint density at radius 2 is 2.00 bits per heavy atom. The zero-order valence-corrected chi connectivity index (χ0v) is 11.9. The highest BCUT2D eigenvalue weighted by atomic mass is 35.5. The molecule has 0 unspecified atom stereocenters. The summed E-state index contributed by atoms with van der Waals surface area (Å²) in [5.74, 6) is 0.902. The lowest BCUT2D eigenvalue weighted by molar-refractivity contribution is 0.819. The first kappa shape index (κ1) is 14.3. The van der Waals surface area contributed by atoms with E-state index >= 15 is 0 Å². The van der Waals surface area contributed by atoms with Gasteiger partial charge in [0, 0.05) is 19.2 Å². The van der Waals surface area contributed by atoms with Gasteiger partial charge in [-0.15, -0.1) is 6.58 Å². The number of rotatable bonds is 6. The van der Waals surface area contributed by atoms with E-state index in [0.717, 1.165) is 18.8 Å². The Labute approximate surface area is 123 Å². The molecule has 0 fully saturated rings. The lowest BCUT2D eigenvalue weighted by Gasteiger charge is -2.22. The lowest BCUT2D eigenvalue weighted by atomic mass is 10.1. The van der Waals surface area contributed by atoms with Gasteiger partial charge in [-0.3, -0.25) is 0 Å². The van der Waals surface area contributed by atoms with E-state index in [1.54, 1.807) is 6.07 Å². The summed E-state index contributed by atoms with van der Waals surface area (Å²) in [6, 6.07) is 12.0. The van der Waals surface area contributed by atoms with Gasteiger partial charge in [-0.2, -0.15) is 4.98 Å². The molecule has 0 saturated carbocycles. The fraction of sp³-hybridized carbons (Fsp3) is 0.200. The van der Waals surface area contributed by atoms with Crippen LogP contribution in [0, 0.1) is 0 Å². The molecule has 1 heterocycles. The smallest absolute Gasteiger partial charge is 0.223 e. The van der Waals surface area contributed by atoms with Crippen LogP contribution in [0.4, 0.5) is 11.8 Å². The fourth-order valence-corrected chi connectivity index (χ4v) is 2.13. The summed E-state index contributed by atoms with van der Waals surface area (Å²) < 4.78 is 0. The third kappa shape index (κ3) is 3.96. The molecule has 0 aliphatic carbocycles. The van der Waals surface area contributed by atoms with Crippen LogP contribution in [0.15, 0.2) is 49.1 Å². The Morgan fingerprint density at radius 1 is 1.25 bits per heavy atom. The van der Waals surface area contributed by atoms with Crippen molar-refractivity contribution in [3.8, 4) is 0 Å². The molecule has 0 aliphatic heterocycles. The summed E-state index contributed by atoms with van der Waals surface area (Å²) in [6.07, 6.45) is 2.74. The minimum atomic E-state index is 0.182. The van der Waals surface area contributed by atoms with Crippen LogP contribution in [0.3, 0.4) is 0 Å². The molecule has 0 bridgehead atoms. The van der Waals surface area contributed by atoms with Gasteiger partial charge in [-0.05, 0) is 12.0 Å². The van der Waals surface area contributed by atoms with Crippen molar-refractivity contribution in [3.05, 3.63) is 59.8 Å². The maximum Gasteiger partial charge on any atom is 0.223 e. The van der Waals surface area contributed by atoms with Crippen molar-refractivity contribution in [2.24, 2.45) is 0 Å². The van der Waals surface area contributed by atoms with E-state index in [-0.39, 0.29) is 5.95 Å². The molecule has 0 atom stereocenters. The second kappa shape index (κ2) is 6.91. The van der Waals surface area contributed by atoms with Crippen LogP contribution in [0.2, 0.25) is 5.15 Å². The summed E-state index contributed by atoms with van der Waals surface area (Å²) in [7, 11) is 0. The molecule has 0 aliphatic rings. The summed E-state index contributed by atoms with van der Waals surface area (Å²) in [5.41, 5.74) is 6.91. The number of halogens is 1. The fourth-order valence-electron chi connectivity index (χ4n) is 1.95. The maximum atomic E-state index is 5.93. The van der Waals surface area contributed by atoms with Crippen LogP contribution in [-0.4, -0.2) is 23.1 Å². The van der Waals surface area contributed by atoms with Gasteiger partial charge in [0.05, 0.1) is 0 Å². The Balaban J connectivity index is 2.12. The van der Waals surface area contributed by atoms with E-state index in [1.165, 1.54) is 5.56 Å². The van der Waals surface area contributed by atoms with Crippen LogP contribution < -0.4 is 10.6 Å². The average molecular weight is 289 g/mol. The molecule has 104 valence electrons. The Kier molecular flexibility index (Phi) is 4.96. The molecular weight excluding hydrogens is 272 g/mol. The van der Waals surface area contributed by atoms with Crippen molar-refractivity contribution in [2.45, 2.75) is 6.42 Å². The third-order valence-electron chi connectivity index (χ3n) is 2.89. The molecule has 0 radical (unpaired) electrons. The first-order valence-corrected chi connectivity index (χ1v) is 6.76. The zero-order valence-electron chi connectivity index (χ0n) is 11.2. The number of nitrogens with zero attached hydrogens (tertiary/aromatic N) is 3. The van der Waals surface area contributed by atoms with E-state index in [4.69, 9.17) is 17.3 Å². The molecular formula is C15H17ClN4. The second-order valence-electron chi connectivity index (χ2n) is 4.38. The maximum absolute atomic E-state index is 5.93. The van der Waals surface area contributed by atoms with Gasteiger partial charge >= 0.3 is 0 Å². The zero-order chi connectivity index (χ0) is 14.4. The van der Waals surface area contributed by atoms with Gasteiger partial charge < -0.3 is 10.6 Å². The molecule has 0 spiro atoms. The number of anilines is 2. The van der Waals surface area contributed by atoms with E-state index < -0.39 is 0 Å². The molecule has 2 aromatic rings. The molecule has 2 rings (SSSR count). The third-order valence-corrected chi connectivity index (χ3v) is 3.08. The predicted molar refractivity (Wildman–Crippen MR) is 84.0 cm³/mol. The highest BCUT2D eigenvalue weighted by molar-refractivity contribution is 6.29. The Hall–Kier alpha value is -2.07. The van der Waals surface area contributed by atoms with Crippen molar-refractivity contribution < 1.29 is 0 Å². The minimum absolute atomic E-state index is 0.182. The van der Waals surface area contributed by atoms with Crippen LogP contribution >= 0.6 is 11.6 Å². The van der Waals surface area contributed by atoms with E-state index in [0.29, 0.717) is 11.7 Å². The molecule has 4 nitrogen and oxygen atoms in total. The molecule has 5 heteroatoms. The summed E-state index contributed by atoms with van der Waals surface area (Å²) in [4.78, 5) is 10.2. The number of nitrogen functional groups attached to an aromatic ring is 1. The summed E-state index contributed by atoms with van der Waals surface area (Å²) in [6.45, 7) is 5.27. The van der Waals surface area contributed by atoms with Crippen molar-refractivity contribution in [2.75, 3.05) is 23.7 Å². The number of hydrogen-bond acceptors (Lipinski definition) is 4. The standard InChI is InChI=1S/C15H17ClN4/c1-2-9-20(10-8-12-6-4-3-5-7-12)14-11-13(16)18-15(17)19-14/h2-7,11H,1,8-10H2,(H2,17,18,19). The average Bonchev–Trinajstić information content (AvgIpc) is 2.43. The normalized spacial score (nSPS) is 10.2. The molecule has 0 saturated heterocycles. The predicted octanol–water partition coefficient (Wildman–Crippen LogP) is 2.95. The van der Waals surface area contributed by atoms with Gasteiger partial charge in [-0.25, -0.2) is 4.98 Å². The number of aromatic nitrogens is 2. The van der Waals surface area contributed by atoms with Crippen molar-refractivity contribution >= 4 is 23.4 Å². The highest BCUT2D eigenvalue weighted by Crippen LogP contribution is 2.17. The largest absolute Gasteiger partial charge is 0.368 e. The summed E-state index contributed by atoms with van der Waals surface area (Å²) in [5, 5.41) is 0.348. The van der Waals surface area contributed by atoms with E-state index in [9.17, 15) is 0 Å². The van der Waals surface area contributed by atoms with E-state index in [2.05, 4.69) is 33.6 Å². The van der Waals surface area contributed by atoms with Gasteiger partial charge in [0.1, 0.15) is 11.0 Å². The van der Waals surface area contributed by atoms with Gasteiger partial charge in [0.25, 0.3) is 0 Å². The van der Waals surface area contributed by atoms with Gasteiger partial charge in [0.2, 0.25) is 5.95 Å². The molecule has 1 aromatic carbocycles. The minimum Gasteiger partial charge on any atom is -0.368 e. The Bertz CT molecular complexity index is 551. The Morgan fingerprint density at radius 3 is 2.65 bits per heavy atom. The van der Waals surface area contributed by atoms with Crippen LogP contribution in [0.5, 0.6) is 0 Å². The molecule has 0 amide bonds. The van der Waals surface area contributed by atoms with Crippen LogP contribution in [0.1, 0.15) is 5.56 Å². The first-order chi connectivity index (χ1) is 9.69. The first-order valence-electron chi connectivity index (χ1n) is 6.39. The molecule has 1 aromatic heterocycles. The van der Waals surface area contributed by atoms with Gasteiger partial charge in [0.15, 0.2) is 0 Å². The van der Waals surface area contributed by atoms with Crippen molar-refractivity contribution in [1.29, 1.82) is 0 Å². The SMILES string of the molecule is C=CCN(CCc1ccccc1)c1cc(Cl)nc(N)n1. The number of hydrogen-bond donors (Lipinski definition) is 1. The number of benzene rings is 1. The monoisotopic (exact) mass is 288 g/mol. The van der Waals surface area contributed by atoms with Crippen molar-refractivity contribution in [3.63, 3.8) is 0 Å². The second-order valence-corrected chi connectivity index (χ2v) is 4.76. The van der Waals surface area contributed by atoms with Crippen molar-refractivity contribution in [1.82, 2.24) is 9.97 Å². The van der Waals surface area contributed by atoms with E-state index in [1.807, 2.05) is 24.3 Å². The highest BCUT2D eigenvalue weighted by Gasteiger charge is 2.09. The topological polar surface area (TPSA) is 55.0 Å². The summed E-state index contributed by atoms with van der Waals surface area (Å²) >= 11 is 5.93. The quantitative estimate of drug-likeness (QED) is 0.656. The van der Waals surface area contributed by atoms with Gasteiger partial charge in [-0.1, -0.05) is 48.0 Å². The molecule has 2 N–H and O–H groups in total.